The van der Waals surface area contributed by atoms with Crippen molar-refractivity contribution in [2.75, 3.05) is 31.1 Å². The predicted molar refractivity (Wildman–Crippen MR) is 94.7 cm³/mol. The normalized spacial score (nSPS) is 25.9. The summed E-state index contributed by atoms with van der Waals surface area (Å²) in [4.78, 5) is 28.8. The highest BCUT2D eigenvalue weighted by atomic mass is 16.5. The van der Waals surface area contributed by atoms with Crippen LogP contribution in [-0.2, 0) is 9.59 Å². The van der Waals surface area contributed by atoms with Gasteiger partial charge in [0.2, 0.25) is 5.91 Å². The maximum atomic E-state index is 12.4. The van der Waals surface area contributed by atoms with Crippen molar-refractivity contribution in [3.05, 3.63) is 24.3 Å². The minimum Gasteiger partial charge on any atom is -0.482 e. The number of para-hydroxylation sites is 2. The summed E-state index contributed by atoms with van der Waals surface area (Å²) in [6.07, 6.45) is 5.07. The zero-order chi connectivity index (χ0) is 17.2. The molecular weight excluding hydrogens is 318 g/mol. The van der Waals surface area contributed by atoms with Crippen molar-refractivity contribution in [3.8, 4) is 5.75 Å². The fraction of sp³-hybridized carbons (Fsp3) is 0.579. The average Bonchev–Trinajstić information content (AvgIpc) is 3.04. The lowest BCUT2D eigenvalue weighted by molar-refractivity contribution is -0.122. The molecule has 3 aliphatic heterocycles. The molecular formula is C19H25N3O3. The molecule has 3 aliphatic rings. The summed E-state index contributed by atoms with van der Waals surface area (Å²) >= 11 is 0. The third kappa shape index (κ3) is 3.35. The lowest BCUT2D eigenvalue weighted by Crippen LogP contribution is -2.47. The molecule has 2 amide bonds. The van der Waals surface area contributed by atoms with Gasteiger partial charge in [0.1, 0.15) is 5.75 Å². The number of nitrogens with zero attached hydrogens (tertiary/aromatic N) is 2. The maximum absolute atomic E-state index is 12.4. The molecule has 4 rings (SSSR count). The van der Waals surface area contributed by atoms with Gasteiger partial charge in [-0.15, -0.1) is 0 Å². The number of fused-ring (bicyclic) bond motifs is 2. The van der Waals surface area contributed by atoms with E-state index in [0.29, 0.717) is 24.8 Å². The van der Waals surface area contributed by atoms with Crippen LogP contribution in [0.5, 0.6) is 5.75 Å². The van der Waals surface area contributed by atoms with Gasteiger partial charge in [-0.1, -0.05) is 18.6 Å². The van der Waals surface area contributed by atoms with Crippen molar-refractivity contribution in [1.82, 2.24) is 10.2 Å². The SMILES string of the molecule is O=C(CCN1C(=O)COc2ccccc21)N[C@@H]1CCN2CCCC[C@H]12. The van der Waals surface area contributed by atoms with E-state index in [1.165, 1.54) is 19.3 Å². The molecule has 0 radical (unpaired) electrons. The van der Waals surface area contributed by atoms with E-state index in [1.807, 2.05) is 24.3 Å². The van der Waals surface area contributed by atoms with Crippen LogP contribution in [-0.4, -0.2) is 55.0 Å². The summed E-state index contributed by atoms with van der Waals surface area (Å²) in [5, 5.41) is 3.21. The lowest BCUT2D eigenvalue weighted by Gasteiger charge is -2.33. The maximum Gasteiger partial charge on any atom is 0.265 e. The Bertz CT molecular complexity index is 663. The molecule has 25 heavy (non-hydrogen) atoms. The summed E-state index contributed by atoms with van der Waals surface area (Å²) in [6.45, 7) is 2.69. The van der Waals surface area contributed by atoms with Crippen LogP contribution >= 0.6 is 0 Å². The van der Waals surface area contributed by atoms with E-state index >= 15 is 0 Å². The number of ether oxygens (including phenoxy) is 1. The zero-order valence-corrected chi connectivity index (χ0v) is 14.4. The number of amides is 2. The molecule has 134 valence electrons. The number of hydrogen-bond donors (Lipinski definition) is 1. The number of carbonyl (C=O) groups is 2. The lowest BCUT2D eigenvalue weighted by atomic mass is 9.99. The minimum absolute atomic E-state index is 0.0363. The van der Waals surface area contributed by atoms with Crippen molar-refractivity contribution in [2.45, 2.75) is 44.2 Å². The van der Waals surface area contributed by atoms with E-state index in [2.05, 4.69) is 10.2 Å². The monoisotopic (exact) mass is 343 g/mol. The fourth-order valence-electron chi connectivity index (χ4n) is 4.31. The summed E-state index contributed by atoms with van der Waals surface area (Å²) < 4.78 is 5.44. The molecule has 2 fully saturated rings. The fourth-order valence-corrected chi connectivity index (χ4v) is 4.31. The Morgan fingerprint density at radius 3 is 3.00 bits per heavy atom. The van der Waals surface area contributed by atoms with Gasteiger partial charge in [-0.25, -0.2) is 0 Å². The van der Waals surface area contributed by atoms with Crippen LogP contribution < -0.4 is 15.0 Å². The topological polar surface area (TPSA) is 61.9 Å². The molecule has 0 aromatic heterocycles. The third-order valence-corrected chi connectivity index (χ3v) is 5.57. The first-order valence-electron chi connectivity index (χ1n) is 9.28. The van der Waals surface area contributed by atoms with Crippen molar-refractivity contribution >= 4 is 17.5 Å². The Morgan fingerprint density at radius 2 is 2.08 bits per heavy atom. The molecule has 0 unspecified atom stereocenters. The molecule has 0 aliphatic carbocycles. The van der Waals surface area contributed by atoms with E-state index in [9.17, 15) is 9.59 Å². The second kappa shape index (κ2) is 7.04. The van der Waals surface area contributed by atoms with E-state index in [0.717, 1.165) is 25.2 Å². The number of benzene rings is 1. The molecule has 1 N–H and O–H groups in total. The van der Waals surface area contributed by atoms with Crippen molar-refractivity contribution in [3.63, 3.8) is 0 Å². The van der Waals surface area contributed by atoms with Gasteiger partial charge in [0.15, 0.2) is 6.61 Å². The van der Waals surface area contributed by atoms with E-state index < -0.39 is 0 Å². The number of nitrogens with one attached hydrogen (secondary N) is 1. The van der Waals surface area contributed by atoms with Crippen LogP contribution in [0.1, 0.15) is 32.1 Å². The van der Waals surface area contributed by atoms with Gasteiger partial charge in [0.05, 0.1) is 5.69 Å². The van der Waals surface area contributed by atoms with Crippen LogP contribution in [0.2, 0.25) is 0 Å². The first kappa shape index (κ1) is 16.4. The molecule has 0 saturated carbocycles. The molecule has 1 aromatic carbocycles. The highest BCUT2D eigenvalue weighted by Gasteiger charge is 2.36. The third-order valence-electron chi connectivity index (χ3n) is 5.57. The quantitative estimate of drug-likeness (QED) is 0.901. The van der Waals surface area contributed by atoms with Crippen molar-refractivity contribution in [1.29, 1.82) is 0 Å². The van der Waals surface area contributed by atoms with Gasteiger partial charge in [-0.2, -0.15) is 0 Å². The Hall–Kier alpha value is -2.08. The van der Waals surface area contributed by atoms with E-state index in [-0.39, 0.29) is 24.5 Å². The molecule has 2 atom stereocenters. The summed E-state index contributed by atoms with van der Waals surface area (Å²) in [7, 11) is 0. The second-order valence-corrected chi connectivity index (χ2v) is 7.11. The van der Waals surface area contributed by atoms with Gasteiger partial charge in [-0.05, 0) is 37.9 Å². The van der Waals surface area contributed by atoms with Crippen LogP contribution in [0.25, 0.3) is 0 Å². The molecule has 3 heterocycles. The largest absolute Gasteiger partial charge is 0.482 e. The van der Waals surface area contributed by atoms with Crippen LogP contribution in [0.15, 0.2) is 24.3 Å². The Kier molecular flexibility index (Phi) is 4.61. The van der Waals surface area contributed by atoms with Crippen molar-refractivity contribution in [2.24, 2.45) is 0 Å². The zero-order valence-electron chi connectivity index (χ0n) is 14.4. The average molecular weight is 343 g/mol. The first-order chi connectivity index (χ1) is 12.2. The Morgan fingerprint density at radius 1 is 1.20 bits per heavy atom. The minimum atomic E-state index is -0.0918. The predicted octanol–water partition coefficient (Wildman–Crippen LogP) is 1.55. The first-order valence-corrected chi connectivity index (χ1v) is 9.28. The summed E-state index contributed by atoms with van der Waals surface area (Å²) in [5.41, 5.74) is 0.755. The second-order valence-electron chi connectivity index (χ2n) is 7.11. The molecule has 0 bridgehead atoms. The molecule has 0 spiro atoms. The van der Waals surface area contributed by atoms with Crippen LogP contribution in [0.4, 0.5) is 5.69 Å². The molecule has 1 aromatic rings. The van der Waals surface area contributed by atoms with Gasteiger partial charge in [-0.3, -0.25) is 14.5 Å². The van der Waals surface area contributed by atoms with E-state index in [4.69, 9.17) is 4.74 Å². The van der Waals surface area contributed by atoms with Gasteiger partial charge < -0.3 is 15.0 Å². The van der Waals surface area contributed by atoms with Crippen LogP contribution in [0, 0.1) is 0 Å². The highest BCUT2D eigenvalue weighted by Crippen LogP contribution is 2.31. The number of piperidine rings is 1. The Labute approximate surface area is 148 Å². The van der Waals surface area contributed by atoms with Gasteiger partial charge >= 0.3 is 0 Å². The number of carbonyl (C=O) groups excluding carboxylic acids is 2. The highest BCUT2D eigenvalue weighted by molar-refractivity contribution is 5.98. The number of anilines is 1. The van der Waals surface area contributed by atoms with Gasteiger partial charge in [0, 0.05) is 31.6 Å². The summed E-state index contributed by atoms with van der Waals surface area (Å²) in [5.74, 6) is 0.649. The smallest absolute Gasteiger partial charge is 0.265 e. The standard InChI is InChI=1S/C19H25N3O3/c23-18(20-14-8-11-21-10-4-3-5-15(14)21)9-12-22-16-6-1-2-7-17(16)25-13-19(22)24/h1-2,6-7,14-15H,3-5,8-13H2,(H,20,23)/t14-,15-/m1/s1. The molecule has 2 saturated heterocycles. The van der Waals surface area contributed by atoms with E-state index in [1.54, 1.807) is 4.90 Å². The van der Waals surface area contributed by atoms with Crippen molar-refractivity contribution < 1.29 is 14.3 Å². The van der Waals surface area contributed by atoms with Crippen LogP contribution in [0.3, 0.4) is 0 Å². The Balaban J connectivity index is 1.34. The molecule has 6 heteroatoms. The number of rotatable bonds is 4. The molecule has 6 nitrogen and oxygen atoms in total. The summed E-state index contributed by atoms with van der Waals surface area (Å²) in [6, 6.07) is 8.25. The van der Waals surface area contributed by atoms with Gasteiger partial charge in [0.25, 0.3) is 5.91 Å². The number of hydrogen-bond acceptors (Lipinski definition) is 4.